The minimum absolute atomic E-state index is 0.120. The van der Waals surface area contributed by atoms with Crippen LogP contribution in [0, 0.1) is 5.92 Å². The van der Waals surface area contributed by atoms with E-state index in [1.165, 1.54) is 7.11 Å². The Balaban J connectivity index is 2.62. The van der Waals surface area contributed by atoms with E-state index in [1.54, 1.807) is 12.1 Å². The fourth-order valence-electron chi connectivity index (χ4n) is 2.00. The summed E-state index contributed by atoms with van der Waals surface area (Å²) in [6, 6.07) is 9.11. The van der Waals surface area contributed by atoms with Crippen molar-refractivity contribution in [1.82, 2.24) is 5.32 Å². The number of aliphatic carboxylic acids is 1. The highest BCUT2D eigenvalue weighted by Crippen LogP contribution is 2.16. The first-order valence-corrected chi connectivity index (χ1v) is 6.68. The Morgan fingerprint density at radius 2 is 1.95 bits per heavy atom. The summed E-state index contributed by atoms with van der Waals surface area (Å²) in [5, 5.41) is 11.7. The number of benzene rings is 1. The molecule has 0 aromatic heterocycles. The first-order valence-electron chi connectivity index (χ1n) is 6.68. The van der Waals surface area contributed by atoms with E-state index in [9.17, 15) is 9.59 Å². The number of rotatable bonds is 8. The van der Waals surface area contributed by atoms with Crippen molar-refractivity contribution in [3.8, 4) is 0 Å². The van der Waals surface area contributed by atoms with Crippen LogP contribution in [0.3, 0.4) is 0 Å². The number of carboxylic acid groups (broad SMARTS) is 1. The number of carbonyl (C=O) groups is 2. The Morgan fingerprint density at radius 3 is 2.45 bits per heavy atom. The average Bonchev–Trinajstić information content (AvgIpc) is 2.45. The Bertz CT molecular complexity index is 433. The number of methoxy groups -OCH3 is 1. The molecule has 0 fully saturated rings. The van der Waals surface area contributed by atoms with Gasteiger partial charge in [0.1, 0.15) is 0 Å². The molecule has 1 rings (SSSR count). The van der Waals surface area contributed by atoms with Crippen LogP contribution in [0.15, 0.2) is 30.3 Å². The largest absolute Gasteiger partial charge is 0.481 e. The quantitative estimate of drug-likeness (QED) is 0.763. The lowest BCUT2D eigenvalue weighted by Crippen LogP contribution is -2.36. The number of nitrogens with one attached hydrogen (secondary N) is 1. The van der Waals surface area contributed by atoms with E-state index in [2.05, 4.69) is 5.32 Å². The van der Waals surface area contributed by atoms with E-state index in [4.69, 9.17) is 9.84 Å². The van der Waals surface area contributed by atoms with Crippen molar-refractivity contribution in [2.75, 3.05) is 13.7 Å². The van der Waals surface area contributed by atoms with E-state index >= 15 is 0 Å². The van der Waals surface area contributed by atoms with E-state index in [-0.39, 0.29) is 12.5 Å². The van der Waals surface area contributed by atoms with Gasteiger partial charge in [0, 0.05) is 13.7 Å². The van der Waals surface area contributed by atoms with E-state index in [0.717, 1.165) is 12.0 Å². The molecule has 0 aliphatic heterocycles. The zero-order valence-corrected chi connectivity index (χ0v) is 11.8. The number of ether oxygens (including phenoxy) is 1. The van der Waals surface area contributed by atoms with Gasteiger partial charge in [-0.1, -0.05) is 43.7 Å². The molecule has 2 N–H and O–H groups in total. The molecule has 1 unspecified atom stereocenters. The van der Waals surface area contributed by atoms with Crippen LogP contribution in [0.25, 0.3) is 0 Å². The van der Waals surface area contributed by atoms with Crippen molar-refractivity contribution in [2.24, 2.45) is 5.92 Å². The Labute approximate surface area is 118 Å². The molecule has 0 aliphatic rings. The van der Waals surface area contributed by atoms with Crippen LogP contribution in [0.4, 0.5) is 0 Å². The molecule has 0 bridgehead atoms. The summed E-state index contributed by atoms with van der Waals surface area (Å²) in [4.78, 5) is 23.1. The first kappa shape index (κ1) is 16.2. The molecule has 0 aliphatic carbocycles. The minimum atomic E-state index is -0.888. The van der Waals surface area contributed by atoms with Gasteiger partial charge in [-0.15, -0.1) is 0 Å². The Morgan fingerprint density at radius 1 is 1.30 bits per heavy atom. The summed E-state index contributed by atoms with van der Waals surface area (Å²) in [7, 11) is 1.46. The zero-order valence-electron chi connectivity index (χ0n) is 11.8. The van der Waals surface area contributed by atoms with Crippen molar-refractivity contribution in [1.29, 1.82) is 0 Å². The predicted molar refractivity (Wildman–Crippen MR) is 75.2 cm³/mol. The molecule has 1 amide bonds. The number of amides is 1. The fourth-order valence-corrected chi connectivity index (χ4v) is 2.00. The lowest BCUT2D eigenvalue weighted by molar-refractivity contribution is -0.142. The smallest absolute Gasteiger partial charge is 0.308 e. The first-order chi connectivity index (χ1) is 9.60. The van der Waals surface area contributed by atoms with Crippen LogP contribution in [0.1, 0.15) is 31.4 Å². The lowest BCUT2D eigenvalue weighted by atomic mass is 10.0. The molecule has 0 radical (unpaired) electrons. The maximum atomic E-state index is 12.1. The summed E-state index contributed by atoms with van der Waals surface area (Å²) in [5.74, 6) is -1.76. The number of carboxylic acids is 1. The van der Waals surface area contributed by atoms with Gasteiger partial charge >= 0.3 is 5.97 Å². The molecule has 0 saturated heterocycles. The number of hydrogen-bond donors (Lipinski definition) is 2. The molecule has 0 heterocycles. The van der Waals surface area contributed by atoms with Gasteiger partial charge in [-0.3, -0.25) is 9.59 Å². The SMILES string of the molecule is CCCC(CNC(=O)[C@H](OC)c1ccccc1)C(=O)O. The van der Waals surface area contributed by atoms with Gasteiger partial charge in [-0.2, -0.15) is 0 Å². The molecular weight excluding hydrogens is 258 g/mol. The van der Waals surface area contributed by atoms with Crippen LogP contribution < -0.4 is 5.32 Å². The third kappa shape index (κ3) is 4.66. The summed E-state index contributed by atoms with van der Waals surface area (Å²) in [6.07, 6.45) is 0.588. The average molecular weight is 279 g/mol. The predicted octanol–water partition coefficient (Wildman–Crippen LogP) is 1.99. The van der Waals surface area contributed by atoms with Gasteiger partial charge in [-0.05, 0) is 12.0 Å². The van der Waals surface area contributed by atoms with E-state index in [0.29, 0.717) is 6.42 Å². The second-order valence-electron chi connectivity index (χ2n) is 4.60. The molecule has 5 nitrogen and oxygen atoms in total. The van der Waals surface area contributed by atoms with Gasteiger partial charge in [0.25, 0.3) is 5.91 Å². The molecule has 5 heteroatoms. The third-order valence-electron chi connectivity index (χ3n) is 3.09. The minimum Gasteiger partial charge on any atom is -0.481 e. The molecule has 20 heavy (non-hydrogen) atoms. The third-order valence-corrected chi connectivity index (χ3v) is 3.09. The summed E-state index contributed by atoms with van der Waals surface area (Å²) in [5.41, 5.74) is 0.745. The second kappa shape index (κ2) is 8.32. The molecular formula is C15H21NO4. The Kier molecular flexibility index (Phi) is 6.73. The van der Waals surface area contributed by atoms with Crippen molar-refractivity contribution < 1.29 is 19.4 Å². The van der Waals surface area contributed by atoms with Crippen LogP contribution in [-0.2, 0) is 14.3 Å². The zero-order chi connectivity index (χ0) is 15.0. The monoisotopic (exact) mass is 279 g/mol. The number of hydrogen-bond acceptors (Lipinski definition) is 3. The van der Waals surface area contributed by atoms with Crippen molar-refractivity contribution in [3.05, 3.63) is 35.9 Å². The fraction of sp³-hybridized carbons (Fsp3) is 0.467. The molecule has 1 aromatic carbocycles. The maximum Gasteiger partial charge on any atom is 0.308 e. The topological polar surface area (TPSA) is 75.6 Å². The molecule has 1 aromatic rings. The van der Waals surface area contributed by atoms with E-state index in [1.807, 2.05) is 25.1 Å². The number of carbonyl (C=O) groups excluding carboxylic acids is 1. The van der Waals surface area contributed by atoms with Crippen molar-refractivity contribution >= 4 is 11.9 Å². The van der Waals surface area contributed by atoms with Gasteiger partial charge in [0.05, 0.1) is 5.92 Å². The Hall–Kier alpha value is -1.88. The van der Waals surface area contributed by atoms with Crippen LogP contribution in [0.2, 0.25) is 0 Å². The van der Waals surface area contributed by atoms with E-state index < -0.39 is 18.0 Å². The van der Waals surface area contributed by atoms with Crippen molar-refractivity contribution in [2.45, 2.75) is 25.9 Å². The molecule has 110 valence electrons. The van der Waals surface area contributed by atoms with Crippen LogP contribution >= 0.6 is 0 Å². The summed E-state index contributed by atoms with van der Waals surface area (Å²) in [6.45, 7) is 2.04. The second-order valence-corrected chi connectivity index (χ2v) is 4.60. The lowest BCUT2D eigenvalue weighted by Gasteiger charge is -2.17. The highest BCUT2D eigenvalue weighted by molar-refractivity contribution is 5.82. The molecule has 0 saturated carbocycles. The van der Waals surface area contributed by atoms with Crippen LogP contribution in [-0.4, -0.2) is 30.6 Å². The highest BCUT2D eigenvalue weighted by Gasteiger charge is 2.22. The highest BCUT2D eigenvalue weighted by atomic mass is 16.5. The van der Waals surface area contributed by atoms with Gasteiger partial charge in [0.15, 0.2) is 6.10 Å². The maximum absolute atomic E-state index is 12.1. The van der Waals surface area contributed by atoms with Gasteiger partial charge in [-0.25, -0.2) is 0 Å². The molecule has 0 spiro atoms. The van der Waals surface area contributed by atoms with Gasteiger partial charge in [0.2, 0.25) is 0 Å². The normalized spacial score (nSPS) is 13.5. The van der Waals surface area contributed by atoms with Gasteiger partial charge < -0.3 is 15.2 Å². The summed E-state index contributed by atoms with van der Waals surface area (Å²) >= 11 is 0. The summed E-state index contributed by atoms with van der Waals surface area (Å²) < 4.78 is 5.19. The van der Waals surface area contributed by atoms with Crippen LogP contribution in [0.5, 0.6) is 0 Å². The molecule has 2 atom stereocenters. The van der Waals surface area contributed by atoms with Crippen molar-refractivity contribution in [3.63, 3.8) is 0 Å². The standard InChI is InChI=1S/C15H21NO4/c1-3-7-12(15(18)19)10-16-14(17)13(20-2)11-8-5-4-6-9-11/h4-6,8-9,12-13H,3,7,10H2,1-2H3,(H,16,17)(H,18,19)/t12?,13-/m1/s1.